The van der Waals surface area contributed by atoms with Gasteiger partial charge in [-0.25, -0.2) is 4.98 Å². The van der Waals surface area contributed by atoms with Gasteiger partial charge < -0.3 is 15.0 Å². The highest BCUT2D eigenvalue weighted by molar-refractivity contribution is 5.93. The number of imidazole rings is 1. The first-order valence-electron chi connectivity index (χ1n) is 12.4. The minimum absolute atomic E-state index is 0. The fourth-order valence-electron chi connectivity index (χ4n) is 4.90. The monoisotopic (exact) mass is 547 g/mol. The van der Waals surface area contributed by atoms with Gasteiger partial charge in [-0.2, -0.15) is 0 Å². The first-order valence-corrected chi connectivity index (χ1v) is 12.4. The van der Waals surface area contributed by atoms with Gasteiger partial charge >= 0.3 is 0 Å². The molecule has 1 aliphatic heterocycles. The van der Waals surface area contributed by atoms with Crippen LogP contribution in [0.2, 0.25) is 0 Å². The van der Waals surface area contributed by atoms with Gasteiger partial charge in [0, 0.05) is 38.4 Å². The van der Waals surface area contributed by atoms with Crippen molar-refractivity contribution in [3.05, 3.63) is 70.8 Å². The molecule has 9 heteroatoms. The van der Waals surface area contributed by atoms with Crippen LogP contribution < -0.4 is 15.0 Å². The smallest absolute Gasteiger partial charge is 0.271 e. The molecule has 0 spiro atoms. The van der Waals surface area contributed by atoms with Crippen LogP contribution in [0.5, 0.6) is 5.75 Å². The fraction of sp³-hybridized carbons (Fsp3) is 0.429. The number of amides is 1. The van der Waals surface area contributed by atoms with E-state index in [2.05, 4.69) is 52.1 Å². The number of hydrogen-bond acceptors (Lipinski definition) is 5. The van der Waals surface area contributed by atoms with Crippen molar-refractivity contribution in [2.45, 2.75) is 34.1 Å². The number of rotatable bonds is 8. The van der Waals surface area contributed by atoms with E-state index >= 15 is 0 Å². The lowest BCUT2D eigenvalue weighted by atomic mass is 10.1. The van der Waals surface area contributed by atoms with Gasteiger partial charge in [0.25, 0.3) is 5.91 Å². The summed E-state index contributed by atoms with van der Waals surface area (Å²) in [4.78, 5) is 22.4. The molecule has 0 saturated carbocycles. The molecule has 0 bridgehead atoms. The number of ether oxygens (including phenoxy) is 1. The number of piperazine rings is 1. The summed E-state index contributed by atoms with van der Waals surface area (Å²) in [6.45, 7) is 14.0. The molecule has 1 saturated heterocycles. The Bertz CT molecular complexity index is 1190. The fourth-order valence-corrected chi connectivity index (χ4v) is 4.90. The molecule has 0 radical (unpaired) electrons. The maximum absolute atomic E-state index is 12.9. The minimum Gasteiger partial charge on any atom is -0.495 e. The van der Waals surface area contributed by atoms with E-state index in [0.717, 1.165) is 62.1 Å². The molecular formula is C28H39Cl2N5O2. The second-order valence-corrected chi connectivity index (χ2v) is 9.26. The van der Waals surface area contributed by atoms with Crippen molar-refractivity contribution in [3.63, 3.8) is 0 Å². The first-order chi connectivity index (χ1) is 16.9. The summed E-state index contributed by atoms with van der Waals surface area (Å²) in [5.41, 5.74) is 6.25. The van der Waals surface area contributed by atoms with Crippen molar-refractivity contribution in [2.75, 3.05) is 51.3 Å². The van der Waals surface area contributed by atoms with Crippen LogP contribution in [0.4, 0.5) is 5.69 Å². The third-order valence-corrected chi connectivity index (χ3v) is 7.04. The average Bonchev–Trinajstić information content (AvgIpc) is 3.17. The Balaban J connectivity index is 0.00000241. The Hall–Kier alpha value is -2.74. The Morgan fingerprint density at radius 2 is 1.62 bits per heavy atom. The number of carbonyl (C=O) groups is 1. The Kier molecular flexibility index (Phi) is 11.3. The lowest BCUT2D eigenvalue weighted by Crippen LogP contribution is -2.47. The van der Waals surface area contributed by atoms with Crippen molar-refractivity contribution < 1.29 is 9.53 Å². The number of nitrogens with one attached hydrogen (secondary N) is 1. The number of aryl methyl sites for hydroxylation is 2. The number of benzene rings is 2. The van der Waals surface area contributed by atoms with Gasteiger partial charge in [-0.3, -0.25) is 14.3 Å². The summed E-state index contributed by atoms with van der Waals surface area (Å²) >= 11 is 0. The Labute approximate surface area is 233 Å². The maximum atomic E-state index is 12.9. The zero-order valence-corrected chi connectivity index (χ0v) is 24.0. The van der Waals surface area contributed by atoms with E-state index in [-0.39, 0.29) is 30.7 Å². The highest BCUT2D eigenvalue weighted by Crippen LogP contribution is 2.26. The van der Waals surface area contributed by atoms with Crippen LogP contribution in [-0.4, -0.2) is 66.7 Å². The Morgan fingerprint density at radius 3 is 2.32 bits per heavy atom. The summed E-state index contributed by atoms with van der Waals surface area (Å²) in [7, 11) is 1.65. The zero-order valence-electron chi connectivity index (χ0n) is 22.4. The molecule has 1 amide bonds. The average molecular weight is 549 g/mol. The maximum Gasteiger partial charge on any atom is 0.271 e. The number of methoxy groups -OCH3 is 1. The summed E-state index contributed by atoms with van der Waals surface area (Å²) in [5, 5.41) is 3.07. The van der Waals surface area contributed by atoms with Crippen molar-refractivity contribution in [3.8, 4) is 11.4 Å². The molecule has 7 nitrogen and oxygen atoms in total. The standard InChI is InChI=1S/C28H37N5O2.2ClH/c1-20-10-8-12-24(21(20)2)32-18-16-31(17-19-32)15-9-14-29-28(34)27-22(3)33(23(4)30-27)25-11-6-7-13-26(25)35-5;;/h6-8,10-13H,9,14-19H2,1-5H3,(H,29,34);2*1H. The Morgan fingerprint density at radius 1 is 0.946 bits per heavy atom. The van der Waals surface area contributed by atoms with Crippen LogP contribution >= 0.6 is 24.8 Å². The summed E-state index contributed by atoms with van der Waals surface area (Å²) in [6, 6.07) is 14.3. The topological polar surface area (TPSA) is 62.6 Å². The number of carbonyl (C=O) groups excluding carboxylic acids is 1. The number of para-hydroxylation sites is 2. The molecule has 2 aromatic carbocycles. The molecule has 0 aliphatic carbocycles. The van der Waals surface area contributed by atoms with E-state index in [0.29, 0.717) is 12.2 Å². The third-order valence-electron chi connectivity index (χ3n) is 7.04. The predicted molar refractivity (Wildman–Crippen MR) is 156 cm³/mol. The van der Waals surface area contributed by atoms with E-state index < -0.39 is 0 Å². The number of hydrogen-bond donors (Lipinski definition) is 1. The van der Waals surface area contributed by atoms with Gasteiger partial charge in [0.15, 0.2) is 0 Å². The minimum atomic E-state index is -0.126. The molecular weight excluding hydrogens is 509 g/mol. The van der Waals surface area contributed by atoms with E-state index in [1.807, 2.05) is 42.7 Å². The molecule has 1 aliphatic rings. The van der Waals surface area contributed by atoms with Gasteiger partial charge in [-0.1, -0.05) is 24.3 Å². The van der Waals surface area contributed by atoms with E-state index in [4.69, 9.17) is 4.74 Å². The first kappa shape index (κ1) is 30.5. The largest absolute Gasteiger partial charge is 0.495 e. The number of nitrogens with zero attached hydrogens (tertiary/aromatic N) is 4. The molecule has 37 heavy (non-hydrogen) atoms. The molecule has 2 heterocycles. The number of halogens is 2. The molecule has 3 aromatic rings. The molecule has 0 unspecified atom stereocenters. The highest BCUT2D eigenvalue weighted by atomic mass is 35.5. The molecule has 0 atom stereocenters. The highest BCUT2D eigenvalue weighted by Gasteiger charge is 2.21. The summed E-state index contributed by atoms with van der Waals surface area (Å²) in [6.07, 6.45) is 0.917. The molecule has 1 fully saturated rings. The normalized spacial score (nSPS) is 13.5. The van der Waals surface area contributed by atoms with Crippen LogP contribution in [0.15, 0.2) is 42.5 Å². The molecule has 202 valence electrons. The molecule has 4 rings (SSSR count). The van der Waals surface area contributed by atoms with Crippen LogP contribution in [-0.2, 0) is 0 Å². The van der Waals surface area contributed by atoms with Crippen molar-refractivity contribution >= 4 is 36.4 Å². The van der Waals surface area contributed by atoms with Gasteiger partial charge in [0.2, 0.25) is 0 Å². The van der Waals surface area contributed by atoms with Crippen LogP contribution in [0.3, 0.4) is 0 Å². The van der Waals surface area contributed by atoms with Gasteiger partial charge in [-0.05, 0) is 70.0 Å². The second kappa shape index (κ2) is 13.7. The van der Waals surface area contributed by atoms with Crippen LogP contribution in [0.1, 0.15) is 39.6 Å². The molecule has 1 aromatic heterocycles. The number of aromatic nitrogens is 2. The number of anilines is 1. The van der Waals surface area contributed by atoms with Crippen LogP contribution in [0.25, 0.3) is 5.69 Å². The lowest BCUT2D eigenvalue weighted by molar-refractivity contribution is 0.0946. The lowest BCUT2D eigenvalue weighted by Gasteiger charge is -2.37. The SMILES string of the molecule is COc1ccccc1-n1c(C)nc(C(=O)NCCCN2CCN(c3cccc(C)c3C)CC2)c1C.Cl.Cl. The predicted octanol–water partition coefficient (Wildman–Crippen LogP) is 4.90. The summed E-state index contributed by atoms with van der Waals surface area (Å²) in [5.74, 6) is 1.39. The molecule has 1 N–H and O–H groups in total. The van der Waals surface area contributed by atoms with Gasteiger partial charge in [0.1, 0.15) is 17.3 Å². The van der Waals surface area contributed by atoms with Gasteiger partial charge in [-0.15, -0.1) is 24.8 Å². The second-order valence-electron chi connectivity index (χ2n) is 9.26. The van der Waals surface area contributed by atoms with E-state index in [1.165, 1.54) is 16.8 Å². The van der Waals surface area contributed by atoms with Crippen molar-refractivity contribution in [2.24, 2.45) is 0 Å². The van der Waals surface area contributed by atoms with Gasteiger partial charge in [0.05, 0.1) is 18.5 Å². The van der Waals surface area contributed by atoms with Crippen molar-refractivity contribution in [1.29, 1.82) is 0 Å². The van der Waals surface area contributed by atoms with Crippen molar-refractivity contribution in [1.82, 2.24) is 19.8 Å². The van der Waals surface area contributed by atoms with E-state index in [9.17, 15) is 4.79 Å². The van der Waals surface area contributed by atoms with E-state index in [1.54, 1.807) is 7.11 Å². The quantitative estimate of drug-likeness (QED) is 0.406. The third kappa shape index (κ3) is 6.78. The van der Waals surface area contributed by atoms with Crippen LogP contribution in [0, 0.1) is 27.7 Å². The zero-order chi connectivity index (χ0) is 24.9. The summed E-state index contributed by atoms with van der Waals surface area (Å²) < 4.78 is 7.48.